The third kappa shape index (κ3) is 3.75. The molecule has 28 heavy (non-hydrogen) atoms. The first-order chi connectivity index (χ1) is 12.8. The molecule has 150 valence electrons. The fourth-order valence-electron chi connectivity index (χ4n) is 2.98. The minimum atomic E-state index is -4.54. The Morgan fingerprint density at radius 3 is 1.96 bits per heavy atom. The molecule has 1 aliphatic heterocycles. The predicted octanol–water partition coefficient (Wildman–Crippen LogP) is 4.13. The van der Waals surface area contributed by atoms with Crippen LogP contribution in [0.5, 0.6) is 0 Å². The van der Waals surface area contributed by atoms with Gasteiger partial charge in [0, 0.05) is 25.9 Å². The van der Waals surface area contributed by atoms with Gasteiger partial charge in [0.15, 0.2) is 0 Å². The van der Waals surface area contributed by atoms with Crippen molar-refractivity contribution in [1.29, 1.82) is 0 Å². The van der Waals surface area contributed by atoms with Crippen molar-refractivity contribution in [2.45, 2.75) is 45.1 Å². The number of nitrogens with zero attached hydrogens (tertiary/aromatic N) is 2. The van der Waals surface area contributed by atoms with Gasteiger partial charge in [-0.05, 0) is 56.9 Å². The van der Waals surface area contributed by atoms with Crippen LogP contribution in [-0.2, 0) is 15.5 Å². The number of aromatic nitrogens is 1. The molecule has 1 aromatic heterocycles. The van der Waals surface area contributed by atoms with Crippen LogP contribution in [-0.4, -0.2) is 37.4 Å². The van der Waals surface area contributed by atoms with E-state index in [-0.39, 0.29) is 5.46 Å². The average Bonchev–Trinajstić information content (AvgIpc) is 2.81. The van der Waals surface area contributed by atoms with Gasteiger partial charge in [-0.25, -0.2) is 4.98 Å². The highest BCUT2D eigenvalue weighted by Crippen LogP contribution is 2.39. The summed E-state index contributed by atoms with van der Waals surface area (Å²) in [4.78, 5) is 6.11. The van der Waals surface area contributed by atoms with E-state index in [0.29, 0.717) is 11.1 Å². The first kappa shape index (κ1) is 20.7. The van der Waals surface area contributed by atoms with Crippen molar-refractivity contribution in [3.63, 3.8) is 0 Å². The van der Waals surface area contributed by atoms with Crippen LogP contribution in [0.4, 0.5) is 19.0 Å². The molecule has 1 saturated heterocycles. The van der Waals surface area contributed by atoms with Crippen molar-refractivity contribution in [2.75, 3.05) is 19.0 Å². The van der Waals surface area contributed by atoms with Crippen LogP contribution in [0.2, 0.25) is 0 Å². The molecule has 0 atom stereocenters. The van der Waals surface area contributed by atoms with Crippen molar-refractivity contribution in [3.05, 3.63) is 42.1 Å². The molecule has 0 radical (unpaired) electrons. The fraction of sp³-hybridized carbons (Fsp3) is 0.450. The van der Waals surface area contributed by atoms with Gasteiger partial charge in [-0.1, -0.05) is 12.1 Å². The van der Waals surface area contributed by atoms with Crippen LogP contribution in [0.1, 0.15) is 33.3 Å². The molecule has 4 nitrogen and oxygen atoms in total. The fourth-order valence-corrected chi connectivity index (χ4v) is 2.98. The minimum Gasteiger partial charge on any atom is -0.399 e. The van der Waals surface area contributed by atoms with Crippen molar-refractivity contribution in [3.8, 4) is 11.1 Å². The number of anilines is 1. The smallest absolute Gasteiger partial charge is 0.399 e. The molecule has 3 rings (SSSR count). The Bertz CT molecular complexity index is 849. The monoisotopic (exact) mass is 392 g/mol. The van der Waals surface area contributed by atoms with E-state index >= 15 is 0 Å². The second-order valence-electron chi connectivity index (χ2n) is 8.19. The van der Waals surface area contributed by atoms with E-state index in [1.165, 1.54) is 6.07 Å². The lowest BCUT2D eigenvalue weighted by Gasteiger charge is -2.32. The second-order valence-corrected chi connectivity index (χ2v) is 8.19. The molecule has 1 fully saturated rings. The number of hydrogen-bond donors (Lipinski definition) is 0. The molecular formula is C20H24BF3N2O2. The molecule has 0 N–H and O–H groups in total. The van der Waals surface area contributed by atoms with Gasteiger partial charge in [0.25, 0.3) is 0 Å². The van der Waals surface area contributed by atoms with E-state index in [1.807, 2.05) is 46.7 Å². The first-order valence-electron chi connectivity index (χ1n) is 9.02. The lowest BCUT2D eigenvalue weighted by molar-refractivity contribution is -0.136. The lowest BCUT2D eigenvalue weighted by atomic mass is 9.75. The van der Waals surface area contributed by atoms with E-state index in [9.17, 15) is 13.2 Å². The summed E-state index contributed by atoms with van der Waals surface area (Å²) in [6.07, 6.45) is -2.97. The van der Waals surface area contributed by atoms with Crippen LogP contribution in [0, 0.1) is 0 Å². The Morgan fingerprint density at radius 2 is 1.50 bits per heavy atom. The molecule has 8 heteroatoms. The van der Waals surface area contributed by atoms with E-state index in [0.717, 1.165) is 11.9 Å². The zero-order valence-corrected chi connectivity index (χ0v) is 16.9. The number of pyridine rings is 1. The summed E-state index contributed by atoms with van der Waals surface area (Å²) in [5, 5.41) is 0. The van der Waals surface area contributed by atoms with Crippen molar-refractivity contribution in [1.82, 2.24) is 4.98 Å². The Morgan fingerprint density at radius 1 is 0.929 bits per heavy atom. The van der Waals surface area contributed by atoms with E-state index in [4.69, 9.17) is 9.31 Å². The third-order valence-corrected chi connectivity index (χ3v) is 5.41. The largest absolute Gasteiger partial charge is 0.495 e. The Balaban J connectivity index is 2.02. The molecule has 0 saturated carbocycles. The van der Waals surface area contributed by atoms with Crippen LogP contribution in [0.25, 0.3) is 11.1 Å². The predicted molar refractivity (Wildman–Crippen MR) is 105 cm³/mol. The first-order valence-corrected chi connectivity index (χ1v) is 9.02. The quantitative estimate of drug-likeness (QED) is 0.736. The molecule has 2 heterocycles. The van der Waals surface area contributed by atoms with Gasteiger partial charge in [0.2, 0.25) is 0 Å². The Labute approximate surface area is 163 Å². The maximum Gasteiger partial charge on any atom is 0.495 e. The second kappa shape index (κ2) is 6.78. The summed E-state index contributed by atoms with van der Waals surface area (Å²) in [7, 11) is 2.62. The van der Waals surface area contributed by atoms with Gasteiger partial charge in [0.05, 0.1) is 16.8 Å². The molecule has 0 aliphatic carbocycles. The normalized spacial score (nSPS) is 18.4. The third-order valence-electron chi connectivity index (χ3n) is 5.41. The zero-order chi connectivity index (χ0) is 20.9. The number of benzene rings is 1. The van der Waals surface area contributed by atoms with Crippen LogP contribution in [0.3, 0.4) is 0 Å². The van der Waals surface area contributed by atoms with E-state index in [1.54, 1.807) is 24.4 Å². The van der Waals surface area contributed by atoms with Crippen molar-refractivity contribution < 1.29 is 22.5 Å². The Kier molecular flexibility index (Phi) is 5.00. The SMILES string of the molecule is CN(C)c1ccc(-c2ccc(B3OC(C)(C)C(C)(C)O3)c(C(F)(F)F)c2)cn1. The standard InChI is InChI=1S/C20H24BF3N2O2/c1-18(2)19(3,4)28-21(27-18)16-9-7-13(11-15(16)20(22,23)24)14-8-10-17(25-12-14)26(5)6/h7-12H,1-6H3. The van der Waals surface area contributed by atoms with Crippen molar-refractivity contribution >= 4 is 18.4 Å². The summed E-state index contributed by atoms with van der Waals surface area (Å²) in [5.74, 6) is 0.730. The highest BCUT2D eigenvalue weighted by molar-refractivity contribution is 6.62. The maximum absolute atomic E-state index is 13.8. The topological polar surface area (TPSA) is 34.6 Å². The summed E-state index contributed by atoms with van der Waals surface area (Å²) >= 11 is 0. The molecule has 2 aromatic rings. The molecule has 1 aliphatic rings. The number of hydrogen-bond acceptors (Lipinski definition) is 4. The highest BCUT2D eigenvalue weighted by Gasteiger charge is 2.53. The number of rotatable bonds is 3. The lowest BCUT2D eigenvalue weighted by Crippen LogP contribution is -2.41. The van der Waals surface area contributed by atoms with Gasteiger partial charge in [0.1, 0.15) is 5.82 Å². The van der Waals surface area contributed by atoms with Crippen LogP contribution < -0.4 is 10.4 Å². The van der Waals surface area contributed by atoms with E-state index < -0.39 is 30.1 Å². The van der Waals surface area contributed by atoms with Crippen LogP contribution >= 0.6 is 0 Å². The highest BCUT2D eigenvalue weighted by atomic mass is 19.4. The minimum absolute atomic E-state index is 0.0206. The number of alkyl halides is 3. The molecule has 0 spiro atoms. The van der Waals surface area contributed by atoms with Gasteiger partial charge >= 0.3 is 13.3 Å². The average molecular weight is 392 g/mol. The van der Waals surface area contributed by atoms with Gasteiger partial charge < -0.3 is 14.2 Å². The van der Waals surface area contributed by atoms with Gasteiger partial charge in [-0.15, -0.1) is 0 Å². The Hall–Kier alpha value is -2.06. The summed E-state index contributed by atoms with van der Waals surface area (Å²) in [5.41, 5.74) is -1.18. The van der Waals surface area contributed by atoms with Gasteiger partial charge in [-0.3, -0.25) is 0 Å². The van der Waals surface area contributed by atoms with Gasteiger partial charge in [-0.2, -0.15) is 13.2 Å². The summed E-state index contributed by atoms with van der Waals surface area (Å²) in [6, 6.07) is 7.73. The summed E-state index contributed by atoms with van der Waals surface area (Å²) in [6.45, 7) is 7.25. The molecular weight excluding hydrogens is 368 g/mol. The number of halogens is 3. The van der Waals surface area contributed by atoms with E-state index in [2.05, 4.69) is 4.98 Å². The maximum atomic E-state index is 13.8. The van der Waals surface area contributed by atoms with Crippen molar-refractivity contribution in [2.24, 2.45) is 0 Å². The molecule has 0 bridgehead atoms. The molecule has 1 aromatic carbocycles. The van der Waals surface area contributed by atoms with Crippen LogP contribution in [0.15, 0.2) is 36.5 Å². The summed E-state index contributed by atoms with van der Waals surface area (Å²) < 4.78 is 53.1. The zero-order valence-electron chi connectivity index (χ0n) is 16.9. The molecule has 0 unspecified atom stereocenters. The molecule has 0 amide bonds.